The lowest BCUT2D eigenvalue weighted by Crippen LogP contribution is -1.99. The molecule has 0 fully saturated rings. The van der Waals surface area contributed by atoms with Crippen LogP contribution in [0.25, 0.3) is 11.1 Å². The van der Waals surface area contributed by atoms with Crippen LogP contribution in [0.3, 0.4) is 0 Å². The summed E-state index contributed by atoms with van der Waals surface area (Å²) in [5.74, 6) is -0.729. The van der Waals surface area contributed by atoms with Crippen LogP contribution in [0.15, 0.2) is 42.5 Å². The van der Waals surface area contributed by atoms with Gasteiger partial charge in [0.25, 0.3) is 0 Å². The highest BCUT2D eigenvalue weighted by Crippen LogP contribution is 2.31. The van der Waals surface area contributed by atoms with E-state index in [0.717, 1.165) is 11.1 Å². The van der Waals surface area contributed by atoms with Crippen molar-refractivity contribution >= 4 is 11.9 Å². The van der Waals surface area contributed by atoms with Gasteiger partial charge in [0.1, 0.15) is 12.4 Å². The van der Waals surface area contributed by atoms with Crippen molar-refractivity contribution in [1.29, 1.82) is 0 Å². The van der Waals surface area contributed by atoms with Gasteiger partial charge in [-0.2, -0.15) is 0 Å². The summed E-state index contributed by atoms with van der Waals surface area (Å²) in [6.45, 7) is 1.57. The van der Waals surface area contributed by atoms with Gasteiger partial charge in [-0.15, -0.1) is 0 Å². The maximum Gasteiger partial charge on any atom is 0.335 e. The van der Waals surface area contributed by atoms with Gasteiger partial charge >= 0.3 is 11.9 Å². The van der Waals surface area contributed by atoms with Crippen LogP contribution in [0.5, 0.6) is 5.75 Å². The Morgan fingerprint density at radius 2 is 1.77 bits per heavy atom. The third-order valence-electron chi connectivity index (χ3n) is 3.15. The topological polar surface area (TPSA) is 72.8 Å². The summed E-state index contributed by atoms with van der Waals surface area (Å²) in [4.78, 5) is 21.9. The molecule has 0 unspecified atom stereocenters. The van der Waals surface area contributed by atoms with Gasteiger partial charge in [-0.25, -0.2) is 4.79 Å². The molecule has 114 valence electrons. The van der Waals surface area contributed by atoms with Crippen molar-refractivity contribution in [3.63, 3.8) is 0 Å². The molecule has 0 radical (unpaired) electrons. The Hall–Kier alpha value is -2.82. The number of benzene rings is 2. The smallest absolute Gasteiger partial charge is 0.335 e. The highest BCUT2D eigenvalue weighted by atomic mass is 16.5. The standard InChI is InChI=1S/C17H16O5/c1-11(18)22-10-12-3-5-13(6-4-12)15-9-14(17(19)20)7-8-16(15)21-2/h3-9H,10H2,1-2H3,(H,19,20). The number of carboxylic acids is 1. The average molecular weight is 300 g/mol. The molecule has 0 aliphatic rings. The molecular weight excluding hydrogens is 284 g/mol. The molecule has 1 N–H and O–H groups in total. The predicted molar refractivity (Wildman–Crippen MR) is 80.9 cm³/mol. The van der Waals surface area contributed by atoms with E-state index in [0.29, 0.717) is 11.3 Å². The minimum Gasteiger partial charge on any atom is -0.496 e. The lowest BCUT2D eigenvalue weighted by Gasteiger charge is -2.10. The van der Waals surface area contributed by atoms with Crippen molar-refractivity contribution in [2.24, 2.45) is 0 Å². The van der Waals surface area contributed by atoms with Gasteiger partial charge in [0.05, 0.1) is 12.7 Å². The molecule has 0 atom stereocenters. The van der Waals surface area contributed by atoms with Gasteiger partial charge in [-0.1, -0.05) is 24.3 Å². The van der Waals surface area contributed by atoms with Gasteiger partial charge < -0.3 is 14.6 Å². The summed E-state index contributed by atoms with van der Waals surface area (Å²) in [5.41, 5.74) is 2.57. The van der Waals surface area contributed by atoms with Crippen LogP contribution in [-0.4, -0.2) is 24.2 Å². The Bertz CT molecular complexity index is 689. The van der Waals surface area contributed by atoms with Crippen molar-refractivity contribution in [1.82, 2.24) is 0 Å². The van der Waals surface area contributed by atoms with Gasteiger partial charge in [0.2, 0.25) is 0 Å². The Morgan fingerprint density at radius 1 is 1.09 bits per heavy atom. The van der Waals surface area contributed by atoms with Crippen LogP contribution < -0.4 is 4.74 Å². The quantitative estimate of drug-likeness (QED) is 0.859. The Balaban J connectivity index is 2.32. The van der Waals surface area contributed by atoms with E-state index in [9.17, 15) is 9.59 Å². The number of hydrogen-bond acceptors (Lipinski definition) is 4. The molecule has 0 heterocycles. The summed E-state index contributed by atoms with van der Waals surface area (Å²) >= 11 is 0. The second-order valence-corrected chi connectivity index (χ2v) is 4.70. The van der Waals surface area contributed by atoms with E-state index in [1.165, 1.54) is 20.1 Å². The second-order valence-electron chi connectivity index (χ2n) is 4.70. The fourth-order valence-corrected chi connectivity index (χ4v) is 2.03. The molecule has 2 rings (SSSR count). The molecule has 0 aliphatic heterocycles. The fourth-order valence-electron chi connectivity index (χ4n) is 2.03. The SMILES string of the molecule is COc1ccc(C(=O)O)cc1-c1ccc(COC(C)=O)cc1. The average Bonchev–Trinajstić information content (AvgIpc) is 2.52. The van der Waals surface area contributed by atoms with Crippen LogP contribution in [-0.2, 0) is 16.1 Å². The van der Waals surface area contributed by atoms with E-state index in [4.69, 9.17) is 14.6 Å². The first kappa shape index (κ1) is 15.6. The summed E-state index contributed by atoms with van der Waals surface area (Å²) in [5, 5.41) is 9.10. The lowest BCUT2D eigenvalue weighted by molar-refractivity contribution is -0.142. The van der Waals surface area contributed by atoms with E-state index in [2.05, 4.69) is 0 Å². The summed E-state index contributed by atoms with van der Waals surface area (Å²) in [7, 11) is 1.54. The molecule has 5 heteroatoms. The number of methoxy groups -OCH3 is 1. The Labute approximate surface area is 128 Å². The third-order valence-corrected chi connectivity index (χ3v) is 3.15. The maximum absolute atomic E-state index is 11.1. The molecule has 0 spiro atoms. The Morgan fingerprint density at radius 3 is 2.32 bits per heavy atom. The molecule has 0 aliphatic carbocycles. The highest BCUT2D eigenvalue weighted by molar-refractivity contribution is 5.90. The van der Waals surface area contributed by atoms with Crippen LogP contribution in [0.2, 0.25) is 0 Å². The number of rotatable bonds is 5. The van der Waals surface area contributed by atoms with Gasteiger partial charge in [0.15, 0.2) is 0 Å². The monoisotopic (exact) mass is 300 g/mol. The predicted octanol–water partition coefficient (Wildman–Crippen LogP) is 3.12. The lowest BCUT2D eigenvalue weighted by atomic mass is 10.0. The first-order chi connectivity index (χ1) is 10.5. The van der Waals surface area contributed by atoms with E-state index in [1.54, 1.807) is 12.1 Å². The van der Waals surface area contributed by atoms with Crippen LogP contribution in [0, 0.1) is 0 Å². The summed E-state index contributed by atoms with van der Waals surface area (Å²) in [6, 6.07) is 12.0. The zero-order valence-corrected chi connectivity index (χ0v) is 12.3. The van der Waals surface area contributed by atoms with Gasteiger partial charge in [-0.3, -0.25) is 4.79 Å². The van der Waals surface area contributed by atoms with Crippen molar-refractivity contribution < 1.29 is 24.2 Å². The molecule has 0 aromatic heterocycles. The van der Waals surface area contributed by atoms with E-state index < -0.39 is 5.97 Å². The second kappa shape index (κ2) is 6.76. The van der Waals surface area contributed by atoms with Gasteiger partial charge in [-0.05, 0) is 29.3 Å². The first-order valence-electron chi connectivity index (χ1n) is 6.65. The number of aromatic carboxylic acids is 1. The van der Waals surface area contributed by atoms with Crippen molar-refractivity contribution in [2.75, 3.05) is 7.11 Å². The largest absolute Gasteiger partial charge is 0.496 e. The number of ether oxygens (including phenoxy) is 2. The summed E-state index contributed by atoms with van der Waals surface area (Å²) in [6.07, 6.45) is 0. The molecule has 0 bridgehead atoms. The molecule has 0 saturated heterocycles. The fraction of sp³-hybridized carbons (Fsp3) is 0.176. The van der Waals surface area contributed by atoms with Crippen LogP contribution in [0.4, 0.5) is 0 Å². The molecule has 0 saturated carbocycles. The number of carbonyl (C=O) groups is 2. The molecule has 2 aromatic rings. The zero-order chi connectivity index (χ0) is 16.1. The molecular formula is C17H16O5. The van der Waals surface area contributed by atoms with Crippen LogP contribution in [0.1, 0.15) is 22.8 Å². The number of hydrogen-bond donors (Lipinski definition) is 1. The minimum atomic E-state index is -0.990. The number of carboxylic acid groups (broad SMARTS) is 1. The molecule has 5 nitrogen and oxygen atoms in total. The molecule has 0 amide bonds. The maximum atomic E-state index is 11.1. The molecule has 22 heavy (non-hydrogen) atoms. The Kier molecular flexibility index (Phi) is 4.78. The van der Waals surface area contributed by atoms with E-state index in [-0.39, 0.29) is 18.1 Å². The molecule has 2 aromatic carbocycles. The van der Waals surface area contributed by atoms with Crippen LogP contribution >= 0.6 is 0 Å². The number of carbonyl (C=O) groups excluding carboxylic acids is 1. The van der Waals surface area contributed by atoms with E-state index in [1.807, 2.05) is 24.3 Å². The summed E-state index contributed by atoms with van der Waals surface area (Å²) < 4.78 is 10.2. The van der Waals surface area contributed by atoms with Crippen molar-refractivity contribution in [3.05, 3.63) is 53.6 Å². The normalized spacial score (nSPS) is 10.1. The zero-order valence-electron chi connectivity index (χ0n) is 12.3. The highest BCUT2D eigenvalue weighted by Gasteiger charge is 2.11. The number of esters is 1. The van der Waals surface area contributed by atoms with Gasteiger partial charge in [0, 0.05) is 12.5 Å². The van der Waals surface area contributed by atoms with E-state index >= 15 is 0 Å². The third kappa shape index (κ3) is 3.63. The van der Waals surface area contributed by atoms with Crippen molar-refractivity contribution in [2.45, 2.75) is 13.5 Å². The first-order valence-corrected chi connectivity index (χ1v) is 6.65. The van der Waals surface area contributed by atoms with Crippen molar-refractivity contribution in [3.8, 4) is 16.9 Å². The minimum absolute atomic E-state index is 0.194.